The summed E-state index contributed by atoms with van der Waals surface area (Å²) in [5.74, 6) is -1.11. The van der Waals surface area contributed by atoms with Gasteiger partial charge in [-0.05, 0) is 135 Å². The van der Waals surface area contributed by atoms with E-state index < -0.39 is 12.1 Å². The van der Waals surface area contributed by atoms with Gasteiger partial charge in [0.25, 0.3) is 0 Å². The molecular formula is C68H104O6. The van der Waals surface area contributed by atoms with Crippen LogP contribution in [0.2, 0.25) is 0 Å². The number of ether oxygens (including phenoxy) is 3. The summed E-state index contributed by atoms with van der Waals surface area (Å²) in [7, 11) is 0. The number of hydrogen-bond acceptors (Lipinski definition) is 6. The van der Waals surface area contributed by atoms with Crippen LogP contribution in [0.3, 0.4) is 0 Å². The van der Waals surface area contributed by atoms with Crippen molar-refractivity contribution in [1.29, 1.82) is 0 Å². The molecular weight excluding hydrogens is 913 g/mol. The fraction of sp³-hybridized carbons (Fsp3) is 0.544. The fourth-order valence-corrected chi connectivity index (χ4v) is 7.17. The highest BCUT2D eigenvalue weighted by atomic mass is 16.6. The minimum Gasteiger partial charge on any atom is -0.462 e. The van der Waals surface area contributed by atoms with Gasteiger partial charge >= 0.3 is 17.9 Å². The average molecular weight is 1020 g/mol. The van der Waals surface area contributed by atoms with Crippen LogP contribution in [-0.4, -0.2) is 37.2 Å². The molecule has 0 aromatic heterocycles. The highest BCUT2D eigenvalue weighted by Crippen LogP contribution is 2.12. The third-order valence-electron chi connectivity index (χ3n) is 11.5. The Morgan fingerprint density at radius 3 is 0.905 bits per heavy atom. The molecule has 1 unspecified atom stereocenters. The van der Waals surface area contributed by atoms with Crippen molar-refractivity contribution in [3.8, 4) is 0 Å². The fourth-order valence-electron chi connectivity index (χ4n) is 7.17. The largest absolute Gasteiger partial charge is 0.462 e. The Balaban J connectivity index is 4.47. The average Bonchev–Trinajstić information content (AvgIpc) is 3.40. The highest BCUT2D eigenvalue weighted by molar-refractivity contribution is 5.72. The van der Waals surface area contributed by atoms with Crippen molar-refractivity contribution in [2.75, 3.05) is 13.2 Å². The van der Waals surface area contributed by atoms with Gasteiger partial charge in [-0.1, -0.05) is 236 Å². The highest BCUT2D eigenvalue weighted by Gasteiger charge is 2.19. The second kappa shape index (κ2) is 60.3. The molecule has 0 aliphatic heterocycles. The Kier molecular flexibility index (Phi) is 56.1. The van der Waals surface area contributed by atoms with Gasteiger partial charge in [0.2, 0.25) is 0 Å². The molecule has 0 N–H and O–H groups in total. The van der Waals surface area contributed by atoms with E-state index in [1.165, 1.54) is 32.1 Å². The van der Waals surface area contributed by atoms with Crippen molar-refractivity contribution in [1.82, 2.24) is 0 Å². The van der Waals surface area contributed by atoms with Gasteiger partial charge in [0.05, 0.1) is 6.42 Å². The maximum Gasteiger partial charge on any atom is 0.310 e. The number of rotatable bonds is 50. The summed E-state index contributed by atoms with van der Waals surface area (Å²) in [4.78, 5) is 38.0. The molecule has 412 valence electrons. The molecule has 0 amide bonds. The third kappa shape index (κ3) is 57.7. The van der Waals surface area contributed by atoms with Gasteiger partial charge in [0, 0.05) is 12.8 Å². The van der Waals surface area contributed by atoms with E-state index in [-0.39, 0.29) is 31.6 Å². The van der Waals surface area contributed by atoms with Crippen molar-refractivity contribution in [3.05, 3.63) is 170 Å². The Hall–Kier alpha value is -5.23. The van der Waals surface area contributed by atoms with Crippen LogP contribution < -0.4 is 0 Å². The minimum atomic E-state index is -0.855. The molecule has 0 heterocycles. The number of carbonyl (C=O) groups excluding carboxylic acids is 3. The van der Waals surface area contributed by atoms with E-state index >= 15 is 0 Å². The van der Waals surface area contributed by atoms with Crippen LogP contribution in [0.5, 0.6) is 0 Å². The summed E-state index contributed by atoms with van der Waals surface area (Å²) in [6, 6.07) is 0. The zero-order chi connectivity index (χ0) is 53.6. The first-order valence-corrected chi connectivity index (χ1v) is 29.1. The Labute approximate surface area is 453 Å². The maximum atomic E-state index is 12.8. The van der Waals surface area contributed by atoms with E-state index in [1.54, 1.807) is 6.08 Å². The van der Waals surface area contributed by atoms with Gasteiger partial charge in [-0.25, -0.2) is 0 Å². The summed E-state index contributed by atoms with van der Waals surface area (Å²) in [6.45, 7) is 6.25. The molecule has 0 saturated heterocycles. The van der Waals surface area contributed by atoms with Crippen LogP contribution >= 0.6 is 0 Å². The first kappa shape index (κ1) is 68.8. The first-order chi connectivity index (χ1) is 36.5. The second-order valence-corrected chi connectivity index (χ2v) is 18.4. The first-order valence-electron chi connectivity index (χ1n) is 29.1. The topological polar surface area (TPSA) is 78.9 Å². The molecule has 0 aromatic rings. The lowest BCUT2D eigenvalue weighted by Crippen LogP contribution is -2.30. The van der Waals surface area contributed by atoms with Crippen LogP contribution in [0.25, 0.3) is 0 Å². The normalized spacial score (nSPS) is 13.4. The predicted octanol–water partition coefficient (Wildman–Crippen LogP) is 19.9. The predicted molar refractivity (Wildman–Crippen MR) is 320 cm³/mol. The molecule has 0 fully saturated rings. The number of unbranched alkanes of at least 4 members (excludes halogenated alkanes) is 12. The van der Waals surface area contributed by atoms with Crippen LogP contribution in [0, 0.1) is 0 Å². The Morgan fingerprint density at radius 2 is 0.568 bits per heavy atom. The van der Waals surface area contributed by atoms with E-state index in [9.17, 15) is 14.4 Å². The lowest BCUT2D eigenvalue weighted by molar-refractivity contribution is -0.166. The van der Waals surface area contributed by atoms with Crippen LogP contribution in [-0.2, 0) is 28.6 Å². The summed E-state index contributed by atoms with van der Waals surface area (Å²) in [6.07, 6.45) is 89.5. The van der Waals surface area contributed by atoms with Crippen molar-refractivity contribution in [2.45, 2.75) is 226 Å². The van der Waals surface area contributed by atoms with E-state index in [2.05, 4.69) is 179 Å². The summed E-state index contributed by atoms with van der Waals surface area (Å²) >= 11 is 0. The van der Waals surface area contributed by atoms with Crippen molar-refractivity contribution in [3.63, 3.8) is 0 Å². The second-order valence-electron chi connectivity index (χ2n) is 18.4. The minimum absolute atomic E-state index is 0.0809. The van der Waals surface area contributed by atoms with E-state index in [0.717, 1.165) is 141 Å². The third-order valence-corrected chi connectivity index (χ3v) is 11.5. The van der Waals surface area contributed by atoms with Gasteiger partial charge in [-0.2, -0.15) is 0 Å². The molecule has 0 aliphatic rings. The summed E-state index contributed by atoms with van der Waals surface area (Å²) in [5.41, 5.74) is 0. The monoisotopic (exact) mass is 1020 g/mol. The zero-order valence-electron chi connectivity index (χ0n) is 47.0. The molecule has 1 atom stereocenters. The van der Waals surface area contributed by atoms with Gasteiger partial charge in [-0.15, -0.1) is 0 Å². The molecule has 0 spiro atoms. The molecule has 6 heteroatoms. The van der Waals surface area contributed by atoms with Crippen molar-refractivity contribution < 1.29 is 28.6 Å². The summed E-state index contributed by atoms with van der Waals surface area (Å²) in [5, 5.41) is 0. The quantitative estimate of drug-likeness (QED) is 0.0261. The van der Waals surface area contributed by atoms with E-state index in [1.807, 2.05) is 6.08 Å². The molecule has 0 aromatic carbocycles. The molecule has 6 nitrogen and oxygen atoms in total. The number of hydrogen-bond donors (Lipinski definition) is 0. The number of esters is 3. The zero-order valence-corrected chi connectivity index (χ0v) is 47.0. The number of carbonyl (C=O) groups is 3. The van der Waals surface area contributed by atoms with Gasteiger partial charge in [0.1, 0.15) is 13.2 Å². The van der Waals surface area contributed by atoms with Crippen LogP contribution in [0.4, 0.5) is 0 Å². The smallest absolute Gasteiger partial charge is 0.310 e. The van der Waals surface area contributed by atoms with Gasteiger partial charge in [0.15, 0.2) is 6.10 Å². The van der Waals surface area contributed by atoms with Crippen molar-refractivity contribution >= 4 is 17.9 Å². The molecule has 0 rings (SSSR count). The van der Waals surface area contributed by atoms with E-state index in [0.29, 0.717) is 19.3 Å². The van der Waals surface area contributed by atoms with Crippen molar-refractivity contribution in [2.24, 2.45) is 0 Å². The standard InChI is InChI=1S/C68H104O6/c1-4-7-10-13-16-19-22-25-27-28-29-30-31-32-33-34-35-36-37-38-39-40-42-43-46-49-52-55-58-61-67(70)73-64-65(63-72-66(69)60-57-54-51-48-45-24-21-18-15-12-9-6-3)74-68(71)62-59-56-53-50-47-44-41-26-23-20-17-14-11-8-5-2/h7-8,10-11,16-21,25-27,29-30,32-33,35-36,38-39,41-43,47,50,56,59,65H,4-6,9,12-15,22-24,28,31,34,37,40,44-46,48-49,51-55,57-58,60-64H2,1-3H3/b10-7-,11-8-,19-16-,20-17-,21-18-,27-25-,30-29-,33-32-,36-35-,39-38-,41-26-,43-42-,50-47-,59-56-. The van der Waals surface area contributed by atoms with Gasteiger partial charge in [-0.3, -0.25) is 14.4 Å². The molecule has 0 saturated carbocycles. The molecule has 0 bridgehead atoms. The SMILES string of the molecule is CC/C=C\C/C=C\C/C=C\C/C=C\C/C=C\C/C=C\C/C=C\C/C=C\CCCCCCC(=O)OCC(COC(=O)CCCCCCC/C=C\CCCCC)OC(=O)C/C=C\C/C=C\C/C=C\C/C=C\C/C=C\CC. The van der Waals surface area contributed by atoms with Gasteiger partial charge < -0.3 is 14.2 Å². The lowest BCUT2D eigenvalue weighted by Gasteiger charge is -2.18. The molecule has 0 radical (unpaired) electrons. The summed E-state index contributed by atoms with van der Waals surface area (Å²) < 4.78 is 16.7. The maximum absolute atomic E-state index is 12.8. The van der Waals surface area contributed by atoms with E-state index in [4.69, 9.17) is 14.2 Å². The molecule has 0 aliphatic carbocycles. The Morgan fingerprint density at radius 1 is 0.297 bits per heavy atom. The van der Waals surface area contributed by atoms with Crippen LogP contribution in [0.1, 0.15) is 220 Å². The molecule has 74 heavy (non-hydrogen) atoms. The lowest BCUT2D eigenvalue weighted by atomic mass is 10.1. The Bertz CT molecular complexity index is 1740. The van der Waals surface area contributed by atoms with Crippen LogP contribution in [0.15, 0.2) is 170 Å². The number of allylic oxidation sites excluding steroid dienone is 27.